The topological polar surface area (TPSA) is 73.3 Å². The Hall–Kier alpha value is -1.69. The standard InChI is InChI=1S/C13H19N3O3/c1-3-18-13(17)11-9(2)12(16-8-15-11)19-10-4-6-14-7-5-10/h8,10,14H,3-7H2,1-2H3. The molecule has 6 heteroatoms. The highest BCUT2D eigenvalue weighted by atomic mass is 16.5. The molecule has 1 aliphatic rings. The van der Waals surface area contributed by atoms with Crippen LogP contribution >= 0.6 is 0 Å². The average molecular weight is 265 g/mol. The van der Waals surface area contributed by atoms with E-state index in [0.717, 1.165) is 25.9 Å². The van der Waals surface area contributed by atoms with Gasteiger partial charge in [0, 0.05) is 5.56 Å². The van der Waals surface area contributed by atoms with E-state index in [1.165, 1.54) is 6.33 Å². The fraction of sp³-hybridized carbons (Fsp3) is 0.615. The smallest absolute Gasteiger partial charge is 0.357 e. The molecule has 0 amide bonds. The van der Waals surface area contributed by atoms with Crippen molar-refractivity contribution in [3.05, 3.63) is 17.6 Å². The molecule has 0 radical (unpaired) electrons. The molecule has 0 unspecified atom stereocenters. The first-order valence-electron chi connectivity index (χ1n) is 6.58. The second kappa shape index (κ2) is 6.47. The van der Waals surface area contributed by atoms with Crippen molar-refractivity contribution in [2.75, 3.05) is 19.7 Å². The van der Waals surface area contributed by atoms with E-state index in [1.54, 1.807) is 13.8 Å². The van der Waals surface area contributed by atoms with Crippen LogP contribution in [0.15, 0.2) is 6.33 Å². The second-order valence-electron chi connectivity index (χ2n) is 4.44. The number of hydrogen-bond donors (Lipinski definition) is 1. The van der Waals surface area contributed by atoms with Crippen LogP contribution in [0, 0.1) is 6.92 Å². The van der Waals surface area contributed by atoms with Gasteiger partial charge in [-0.2, -0.15) is 0 Å². The van der Waals surface area contributed by atoms with Crippen LogP contribution in [0.3, 0.4) is 0 Å². The number of piperidine rings is 1. The van der Waals surface area contributed by atoms with Crippen LogP contribution in [0.5, 0.6) is 5.88 Å². The third-order valence-electron chi connectivity index (χ3n) is 3.07. The Morgan fingerprint density at radius 2 is 2.16 bits per heavy atom. The van der Waals surface area contributed by atoms with Gasteiger partial charge in [-0.15, -0.1) is 0 Å². The van der Waals surface area contributed by atoms with Gasteiger partial charge >= 0.3 is 5.97 Å². The van der Waals surface area contributed by atoms with E-state index in [-0.39, 0.29) is 11.8 Å². The van der Waals surface area contributed by atoms with Gasteiger partial charge in [-0.3, -0.25) is 0 Å². The lowest BCUT2D eigenvalue weighted by Crippen LogP contribution is -2.34. The zero-order chi connectivity index (χ0) is 13.7. The van der Waals surface area contributed by atoms with Crippen LogP contribution in [-0.2, 0) is 4.74 Å². The first-order chi connectivity index (χ1) is 9.22. The normalized spacial score (nSPS) is 16.1. The van der Waals surface area contributed by atoms with Crippen LogP contribution in [0.1, 0.15) is 35.8 Å². The molecule has 0 aliphatic carbocycles. The van der Waals surface area contributed by atoms with E-state index >= 15 is 0 Å². The minimum Gasteiger partial charge on any atom is -0.474 e. The van der Waals surface area contributed by atoms with Crippen molar-refractivity contribution in [3.8, 4) is 5.88 Å². The minimum absolute atomic E-state index is 0.143. The molecule has 0 spiro atoms. The molecule has 2 heterocycles. The van der Waals surface area contributed by atoms with E-state index in [2.05, 4.69) is 15.3 Å². The molecule has 6 nitrogen and oxygen atoms in total. The molecule has 19 heavy (non-hydrogen) atoms. The van der Waals surface area contributed by atoms with Crippen molar-refractivity contribution in [2.45, 2.75) is 32.8 Å². The lowest BCUT2D eigenvalue weighted by molar-refractivity contribution is 0.0516. The van der Waals surface area contributed by atoms with E-state index in [0.29, 0.717) is 18.1 Å². The van der Waals surface area contributed by atoms with Crippen LogP contribution in [-0.4, -0.2) is 41.7 Å². The molecule has 0 atom stereocenters. The zero-order valence-corrected chi connectivity index (χ0v) is 11.3. The molecule has 0 bridgehead atoms. The van der Waals surface area contributed by atoms with E-state index in [4.69, 9.17) is 9.47 Å². The summed E-state index contributed by atoms with van der Waals surface area (Å²) in [4.78, 5) is 19.8. The van der Waals surface area contributed by atoms with Gasteiger partial charge in [-0.25, -0.2) is 14.8 Å². The van der Waals surface area contributed by atoms with E-state index in [1.807, 2.05) is 0 Å². The first-order valence-corrected chi connectivity index (χ1v) is 6.58. The summed E-state index contributed by atoms with van der Waals surface area (Å²) in [5, 5.41) is 3.27. The number of esters is 1. The van der Waals surface area contributed by atoms with Crippen molar-refractivity contribution in [1.29, 1.82) is 0 Å². The third kappa shape index (κ3) is 3.41. The molecule has 1 saturated heterocycles. The van der Waals surface area contributed by atoms with Crippen LogP contribution in [0.2, 0.25) is 0 Å². The summed E-state index contributed by atoms with van der Waals surface area (Å²) in [5.74, 6) is 0.0440. The fourth-order valence-corrected chi connectivity index (χ4v) is 2.03. The van der Waals surface area contributed by atoms with Crippen LogP contribution in [0.25, 0.3) is 0 Å². The molecular weight excluding hydrogens is 246 g/mol. The summed E-state index contributed by atoms with van der Waals surface area (Å²) in [5.41, 5.74) is 0.917. The fourth-order valence-electron chi connectivity index (χ4n) is 2.03. The molecule has 1 aromatic heterocycles. The third-order valence-corrected chi connectivity index (χ3v) is 3.07. The van der Waals surface area contributed by atoms with Crippen molar-refractivity contribution >= 4 is 5.97 Å². The molecule has 1 fully saturated rings. The Kier molecular flexibility index (Phi) is 4.68. The van der Waals surface area contributed by atoms with Gasteiger partial charge in [-0.05, 0) is 39.8 Å². The Balaban J connectivity index is 2.12. The summed E-state index contributed by atoms with van der Waals surface area (Å²) in [6, 6.07) is 0. The number of rotatable bonds is 4. The molecule has 1 N–H and O–H groups in total. The van der Waals surface area contributed by atoms with Gasteiger partial charge in [0.05, 0.1) is 6.61 Å². The maximum atomic E-state index is 11.7. The van der Waals surface area contributed by atoms with E-state index < -0.39 is 5.97 Å². The van der Waals surface area contributed by atoms with Gasteiger partial charge in [0.1, 0.15) is 12.4 Å². The summed E-state index contributed by atoms with van der Waals surface area (Å²) in [7, 11) is 0. The molecule has 0 saturated carbocycles. The Morgan fingerprint density at radius 3 is 2.84 bits per heavy atom. The van der Waals surface area contributed by atoms with Crippen LogP contribution < -0.4 is 10.1 Å². The van der Waals surface area contributed by atoms with Gasteiger partial charge in [0.2, 0.25) is 5.88 Å². The summed E-state index contributed by atoms with van der Waals surface area (Å²) in [6.45, 7) is 5.76. The van der Waals surface area contributed by atoms with Crippen molar-refractivity contribution < 1.29 is 14.3 Å². The van der Waals surface area contributed by atoms with Crippen LogP contribution in [0.4, 0.5) is 0 Å². The van der Waals surface area contributed by atoms with Crippen molar-refractivity contribution in [2.24, 2.45) is 0 Å². The number of nitrogens with zero attached hydrogens (tertiary/aromatic N) is 2. The Labute approximate surface area is 112 Å². The highest BCUT2D eigenvalue weighted by Crippen LogP contribution is 2.20. The molecule has 104 valence electrons. The molecule has 0 aromatic carbocycles. The number of hydrogen-bond acceptors (Lipinski definition) is 6. The number of carbonyl (C=O) groups is 1. The molecular formula is C13H19N3O3. The van der Waals surface area contributed by atoms with Gasteiger partial charge < -0.3 is 14.8 Å². The second-order valence-corrected chi connectivity index (χ2v) is 4.44. The zero-order valence-electron chi connectivity index (χ0n) is 11.3. The Morgan fingerprint density at radius 1 is 1.42 bits per heavy atom. The number of aromatic nitrogens is 2. The average Bonchev–Trinajstić information content (AvgIpc) is 2.42. The summed E-state index contributed by atoms with van der Waals surface area (Å²) < 4.78 is 10.8. The highest BCUT2D eigenvalue weighted by Gasteiger charge is 2.20. The lowest BCUT2D eigenvalue weighted by atomic mass is 10.1. The number of nitrogens with one attached hydrogen (secondary N) is 1. The molecule has 1 aliphatic heterocycles. The Bertz CT molecular complexity index is 445. The van der Waals surface area contributed by atoms with Crippen molar-refractivity contribution in [1.82, 2.24) is 15.3 Å². The maximum absolute atomic E-state index is 11.7. The van der Waals surface area contributed by atoms with E-state index in [9.17, 15) is 4.79 Å². The van der Waals surface area contributed by atoms with Gasteiger partial charge in [0.15, 0.2) is 5.69 Å². The summed E-state index contributed by atoms with van der Waals surface area (Å²) >= 11 is 0. The quantitative estimate of drug-likeness (QED) is 0.822. The monoisotopic (exact) mass is 265 g/mol. The van der Waals surface area contributed by atoms with Gasteiger partial charge in [0.25, 0.3) is 0 Å². The summed E-state index contributed by atoms with van der Waals surface area (Å²) in [6.07, 6.45) is 3.37. The largest absolute Gasteiger partial charge is 0.474 e. The predicted molar refractivity (Wildman–Crippen MR) is 69.2 cm³/mol. The van der Waals surface area contributed by atoms with Crippen molar-refractivity contribution in [3.63, 3.8) is 0 Å². The lowest BCUT2D eigenvalue weighted by Gasteiger charge is -2.24. The highest BCUT2D eigenvalue weighted by molar-refractivity contribution is 5.89. The maximum Gasteiger partial charge on any atom is 0.357 e. The first kappa shape index (κ1) is 13.7. The molecule has 2 rings (SSSR count). The number of ether oxygens (including phenoxy) is 2. The number of carbonyl (C=O) groups excluding carboxylic acids is 1. The molecule has 1 aromatic rings. The predicted octanol–water partition coefficient (Wildman–Crippen LogP) is 1.09. The minimum atomic E-state index is -0.433. The van der Waals surface area contributed by atoms with Gasteiger partial charge in [-0.1, -0.05) is 0 Å². The SMILES string of the molecule is CCOC(=O)c1ncnc(OC2CCNCC2)c1C.